The number of nitrogens with one attached hydrogen (secondary N) is 1. The van der Waals surface area contributed by atoms with Gasteiger partial charge < -0.3 is 14.8 Å². The van der Waals surface area contributed by atoms with Gasteiger partial charge in [0, 0.05) is 29.3 Å². The van der Waals surface area contributed by atoms with Crippen LogP contribution in [0, 0.1) is 10.1 Å². The third-order valence-electron chi connectivity index (χ3n) is 3.86. The van der Waals surface area contributed by atoms with Crippen LogP contribution >= 0.6 is 11.6 Å². The molecule has 2 N–H and O–H groups in total. The van der Waals surface area contributed by atoms with Gasteiger partial charge in [0.05, 0.1) is 9.95 Å². The molecule has 0 fully saturated rings. The molecule has 0 atom stereocenters. The van der Waals surface area contributed by atoms with Gasteiger partial charge >= 0.3 is 5.97 Å². The summed E-state index contributed by atoms with van der Waals surface area (Å²) < 4.78 is 5.57. The lowest BCUT2D eigenvalue weighted by atomic mass is 10.1. The molecule has 0 aliphatic rings. The number of halogens is 1. The maximum atomic E-state index is 12.2. The molecule has 0 unspecified atom stereocenters. The van der Waals surface area contributed by atoms with Crippen molar-refractivity contribution in [3.05, 3.63) is 92.8 Å². The van der Waals surface area contributed by atoms with Crippen LogP contribution in [0.25, 0.3) is 17.4 Å². The fourth-order valence-electron chi connectivity index (χ4n) is 2.47. The van der Waals surface area contributed by atoms with Crippen LogP contribution in [-0.4, -0.2) is 21.9 Å². The van der Waals surface area contributed by atoms with E-state index in [1.54, 1.807) is 30.3 Å². The van der Waals surface area contributed by atoms with Crippen molar-refractivity contribution in [2.24, 2.45) is 0 Å². The maximum Gasteiger partial charge on any atom is 0.352 e. The van der Waals surface area contributed by atoms with Gasteiger partial charge in [-0.25, -0.2) is 4.79 Å². The summed E-state index contributed by atoms with van der Waals surface area (Å²) in [6.07, 6.45) is 1.16. The van der Waals surface area contributed by atoms with Gasteiger partial charge in [-0.3, -0.25) is 14.9 Å². The number of nitrogens with zero attached hydrogens (tertiary/aromatic N) is 1. The molecule has 0 aliphatic heterocycles. The second-order valence-corrected chi connectivity index (χ2v) is 6.21. The van der Waals surface area contributed by atoms with Crippen LogP contribution in [0.2, 0.25) is 5.02 Å². The van der Waals surface area contributed by atoms with Crippen molar-refractivity contribution >= 4 is 35.2 Å². The van der Waals surface area contributed by atoms with E-state index in [2.05, 4.69) is 5.32 Å². The number of nitro groups is 1. The smallest absolute Gasteiger partial charge is 0.352 e. The number of carbonyl (C=O) groups is 2. The molecule has 0 aliphatic carbocycles. The van der Waals surface area contributed by atoms with Crippen molar-refractivity contribution in [2.45, 2.75) is 0 Å². The van der Waals surface area contributed by atoms with Crippen LogP contribution in [0.5, 0.6) is 0 Å². The summed E-state index contributed by atoms with van der Waals surface area (Å²) in [6.45, 7) is 0. The molecule has 2 aromatic carbocycles. The number of non-ortho nitro benzene ring substituents is 1. The topological polar surface area (TPSA) is 123 Å². The van der Waals surface area contributed by atoms with E-state index in [1.807, 2.05) is 0 Å². The second kappa shape index (κ2) is 8.41. The van der Waals surface area contributed by atoms with Crippen LogP contribution in [0.1, 0.15) is 16.1 Å². The predicted molar refractivity (Wildman–Crippen MR) is 105 cm³/mol. The minimum atomic E-state index is -1.35. The molecule has 8 nitrogen and oxygen atoms in total. The van der Waals surface area contributed by atoms with E-state index in [0.29, 0.717) is 11.1 Å². The van der Waals surface area contributed by atoms with Crippen LogP contribution in [0.15, 0.2) is 70.8 Å². The van der Waals surface area contributed by atoms with Crippen molar-refractivity contribution in [1.82, 2.24) is 5.32 Å². The normalized spacial score (nSPS) is 11.1. The van der Waals surface area contributed by atoms with Crippen molar-refractivity contribution in [3.8, 4) is 11.3 Å². The quantitative estimate of drug-likeness (QED) is 0.352. The number of benzene rings is 2. The van der Waals surface area contributed by atoms with Crippen molar-refractivity contribution < 1.29 is 24.0 Å². The molecule has 0 spiro atoms. The number of furan rings is 1. The molecule has 146 valence electrons. The molecule has 9 heteroatoms. The van der Waals surface area contributed by atoms with Crippen LogP contribution in [0.3, 0.4) is 0 Å². The Hall–Kier alpha value is -3.91. The first-order chi connectivity index (χ1) is 13.8. The zero-order valence-electron chi connectivity index (χ0n) is 14.7. The largest absolute Gasteiger partial charge is 0.477 e. The standard InChI is InChI=1S/C20H13ClN2O6/c21-16-10-13(23(27)28)6-8-15(16)18-9-7-14(29-18)11-17(20(25)26)22-19(24)12-4-2-1-3-5-12/h1-11H,(H,22,24)(H,25,26)/b17-11+. The second-order valence-electron chi connectivity index (χ2n) is 5.81. The molecule has 3 aromatic rings. The van der Waals surface area contributed by atoms with Gasteiger partial charge in [-0.15, -0.1) is 0 Å². The Balaban J connectivity index is 1.86. The number of aliphatic carboxylic acids is 1. The van der Waals surface area contributed by atoms with Crippen LogP contribution in [0.4, 0.5) is 5.69 Å². The number of carboxylic acids is 1. The lowest BCUT2D eigenvalue weighted by Gasteiger charge is -2.05. The minimum Gasteiger partial charge on any atom is -0.477 e. The Kier molecular flexibility index (Phi) is 5.75. The van der Waals surface area contributed by atoms with Gasteiger partial charge in [-0.2, -0.15) is 0 Å². The molecule has 0 saturated carbocycles. The number of rotatable bonds is 6. The van der Waals surface area contributed by atoms with Crippen molar-refractivity contribution in [3.63, 3.8) is 0 Å². The monoisotopic (exact) mass is 412 g/mol. The van der Waals surface area contributed by atoms with Gasteiger partial charge in [0.2, 0.25) is 0 Å². The van der Waals surface area contributed by atoms with E-state index < -0.39 is 16.8 Å². The molecule has 1 heterocycles. The zero-order valence-corrected chi connectivity index (χ0v) is 15.4. The highest BCUT2D eigenvalue weighted by molar-refractivity contribution is 6.33. The van der Waals surface area contributed by atoms with Crippen LogP contribution < -0.4 is 5.32 Å². The van der Waals surface area contributed by atoms with E-state index in [9.17, 15) is 24.8 Å². The summed E-state index contributed by atoms with van der Waals surface area (Å²) in [6, 6.07) is 15.1. The maximum absolute atomic E-state index is 12.2. The fraction of sp³-hybridized carbons (Fsp3) is 0. The summed E-state index contributed by atoms with van der Waals surface area (Å²) in [5, 5.41) is 22.6. The van der Waals surface area contributed by atoms with E-state index in [1.165, 1.54) is 30.3 Å². The van der Waals surface area contributed by atoms with Crippen molar-refractivity contribution in [2.75, 3.05) is 0 Å². The first kappa shape index (κ1) is 19.8. The Labute approximate surface area is 169 Å². The summed E-state index contributed by atoms with van der Waals surface area (Å²) >= 11 is 6.08. The lowest BCUT2D eigenvalue weighted by Crippen LogP contribution is -2.27. The number of hydrogen-bond acceptors (Lipinski definition) is 5. The highest BCUT2D eigenvalue weighted by Crippen LogP contribution is 2.32. The third kappa shape index (κ3) is 4.69. The number of carboxylic acid groups (broad SMARTS) is 1. The Morgan fingerprint density at radius 1 is 1.10 bits per heavy atom. The SMILES string of the molecule is O=C(O)/C(=C\c1ccc(-c2ccc([N+](=O)[O-])cc2Cl)o1)NC(=O)c1ccccc1. The first-order valence-electron chi connectivity index (χ1n) is 8.20. The highest BCUT2D eigenvalue weighted by Gasteiger charge is 2.16. The average Bonchev–Trinajstić information content (AvgIpc) is 3.16. The Bertz CT molecular complexity index is 1120. The molecular weight excluding hydrogens is 400 g/mol. The Morgan fingerprint density at radius 3 is 2.45 bits per heavy atom. The van der Waals surface area contributed by atoms with E-state index in [4.69, 9.17) is 16.0 Å². The first-order valence-corrected chi connectivity index (χ1v) is 8.58. The third-order valence-corrected chi connectivity index (χ3v) is 4.17. The summed E-state index contributed by atoms with van der Waals surface area (Å²) in [4.78, 5) is 33.9. The van der Waals surface area contributed by atoms with E-state index >= 15 is 0 Å². The molecule has 29 heavy (non-hydrogen) atoms. The number of carbonyl (C=O) groups excluding carboxylic acids is 1. The minimum absolute atomic E-state index is 0.111. The fourth-order valence-corrected chi connectivity index (χ4v) is 2.74. The van der Waals surface area contributed by atoms with E-state index in [-0.39, 0.29) is 27.9 Å². The van der Waals surface area contributed by atoms with Gasteiger partial charge in [-0.1, -0.05) is 29.8 Å². The number of nitro benzene ring substituents is 1. The zero-order chi connectivity index (χ0) is 21.0. The van der Waals surface area contributed by atoms with Gasteiger partial charge in [0.15, 0.2) is 0 Å². The van der Waals surface area contributed by atoms with Gasteiger partial charge in [-0.05, 0) is 30.3 Å². The molecule has 1 aromatic heterocycles. The number of hydrogen-bond donors (Lipinski definition) is 2. The molecule has 0 saturated heterocycles. The molecule has 0 bridgehead atoms. The Morgan fingerprint density at radius 2 is 1.83 bits per heavy atom. The summed E-state index contributed by atoms with van der Waals surface area (Å²) in [5.74, 6) is -1.49. The lowest BCUT2D eigenvalue weighted by molar-refractivity contribution is -0.384. The van der Waals surface area contributed by atoms with Gasteiger partial charge in [0.25, 0.3) is 11.6 Å². The predicted octanol–water partition coefficient (Wildman–Crippen LogP) is 4.36. The summed E-state index contributed by atoms with van der Waals surface area (Å²) in [5.41, 5.74) is 0.163. The molecule has 3 rings (SSSR count). The molecule has 0 radical (unpaired) electrons. The molecular formula is C20H13ClN2O6. The summed E-state index contributed by atoms with van der Waals surface area (Å²) in [7, 11) is 0. The average molecular weight is 413 g/mol. The van der Waals surface area contributed by atoms with E-state index in [0.717, 1.165) is 6.08 Å². The van der Waals surface area contributed by atoms with Gasteiger partial charge in [0.1, 0.15) is 17.2 Å². The highest BCUT2D eigenvalue weighted by atomic mass is 35.5. The van der Waals surface area contributed by atoms with Crippen LogP contribution in [-0.2, 0) is 4.79 Å². The number of amides is 1. The van der Waals surface area contributed by atoms with Crippen molar-refractivity contribution in [1.29, 1.82) is 0 Å². The molecule has 1 amide bonds.